The first-order chi connectivity index (χ1) is 17.3. The number of unbranched alkanes of at least 4 members (excludes halogenated alkanes) is 3. The Bertz CT molecular complexity index is 1050. The van der Waals surface area contributed by atoms with E-state index in [2.05, 4.69) is 20.8 Å². The molecule has 4 rings (SSSR count). The highest BCUT2D eigenvalue weighted by atomic mass is 16.6. The van der Waals surface area contributed by atoms with Gasteiger partial charge in [0.2, 0.25) is 0 Å². The first kappa shape index (κ1) is 27.8. The fraction of sp³-hybridized carbons (Fsp3) is 0.700. The molecule has 2 bridgehead atoms. The van der Waals surface area contributed by atoms with Crippen LogP contribution in [0.2, 0.25) is 0 Å². The lowest BCUT2D eigenvalue weighted by Crippen LogP contribution is -2.65. The third-order valence-electron chi connectivity index (χ3n) is 9.62. The summed E-state index contributed by atoms with van der Waals surface area (Å²) in [7, 11) is 0. The molecule has 204 valence electrons. The molecule has 4 aliphatic rings. The van der Waals surface area contributed by atoms with Gasteiger partial charge in [-0.05, 0) is 60.5 Å². The Balaban J connectivity index is 1.75. The van der Waals surface area contributed by atoms with Crippen LogP contribution >= 0.6 is 0 Å². The summed E-state index contributed by atoms with van der Waals surface area (Å²) >= 11 is 0. The van der Waals surface area contributed by atoms with Gasteiger partial charge in [0.1, 0.15) is 12.7 Å². The van der Waals surface area contributed by atoms with Crippen LogP contribution in [0, 0.1) is 34.5 Å². The molecule has 0 aliphatic heterocycles. The van der Waals surface area contributed by atoms with Gasteiger partial charge in [-0.2, -0.15) is 0 Å². The fourth-order valence-corrected chi connectivity index (χ4v) is 7.61. The Morgan fingerprint density at radius 2 is 1.95 bits per heavy atom. The van der Waals surface area contributed by atoms with Gasteiger partial charge in [0.05, 0.1) is 5.41 Å². The first-order valence-electron chi connectivity index (χ1n) is 13.7. The molecule has 2 saturated carbocycles. The molecular weight excluding hydrogens is 472 g/mol. The second kappa shape index (κ2) is 9.81. The maximum Gasteiger partial charge on any atom is 0.331 e. The highest BCUT2D eigenvalue weighted by Crippen LogP contribution is 2.71. The predicted molar refractivity (Wildman–Crippen MR) is 138 cm³/mol. The summed E-state index contributed by atoms with van der Waals surface area (Å²) in [4.78, 5) is 38.9. The van der Waals surface area contributed by atoms with Crippen molar-refractivity contribution in [3.63, 3.8) is 0 Å². The van der Waals surface area contributed by atoms with E-state index in [0.717, 1.165) is 25.7 Å². The summed E-state index contributed by atoms with van der Waals surface area (Å²) in [6.07, 6.45) is 8.35. The molecule has 0 saturated heterocycles. The maximum absolute atomic E-state index is 14.4. The van der Waals surface area contributed by atoms with Crippen LogP contribution in [0.25, 0.3) is 0 Å². The largest absolute Gasteiger partial charge is 0.461 e. The van der Waals surface area contributed by atoms with E-state index in [4.69, 9.17) is 9.47 Å². The van der Waals surface area contributed by atoms with E-state index in [1.165, 1.54) is 13.0 Å². The van der Waals surface area contributed by atoms with Gasteiger partial charge < -0.3 is 19.7 Å². The average molecular weight is 515 g/mol. The van der Waals surface area contributed by atoms with Gasteiger partial charge in [-0.3, -0.25) is 9.59 Å². The van der Waals surface area contributed by atoms with Gasteiger partial charge in [-0.25, -0.2) is 4.79 Å². The number of Topliss-reactive ketones (excluding diaryl/α,β-unsaturated/α-hetero) is 1. The number of hydrogen-bond donors (Lipinski definition) is 2. The second-order valence-corrected chi connectivity index (χ2v) is 12.2. The van der Waals surface area contributed by atoms with Crippen LogP contribution in [0.4, 0.5) is 0 Å². The zero-order chi connectivity index (χ0) is 27.3. The number of aliphatic hydroxyl groups is 2. The van der Waals surface area contributed by atoms with Crippen LogP contribution in [0.5, 0.6) is 0 Å². The molecule has 0 aromatic rings. The van der Waals surface area contributed by atoms with E-state index in [9.17, 15) is 24.6 Å². The van der Waals surface area contributed by atoms with Crippen LogP contribution < -0.4 is 0 Å². The van der Waals surface area contributed by atoms with Crippen molar-refractivity contribution in [1.82, 2.24) is 0 Å². The number of carbonyl (C=O) groups excluding carboxylic acids is 3. The molecule has 0 aromatic carbocycles. The van der Waals surface area contributed by atoms with Crippen molar-refractivity contribution in [1.29, 1.82) is 0 Å². The van der Waals surface area contributed by atoms with Crippen molar-refractivity contribution < 1.29 is 34.1 Å². The summed E-state index contributed by atoms with van der Waals surface area (Å²) in [5.41, 5.74) is -2.81. The molecule has 7 nitrogen and oxygen atoms in total. The molecule has 0 radical (unpaired) electrons. The van der Waals surface area contributed by atoms with E-state index in [0.29, 0.717) is 12.0 Å². The lowest BCUT2D eigenvalue weighted by atomic mass is 9.59. The number of rotatable bonds is 8. The van der Waals surface area contributed by atoms with Crippen LogP contribution in [-0.2, 0) is 23.9 Å². The van der Waals surface area contributed by atoms with Gasteiger partial charge in [-0.1, -0.05) is 58.8 Å². The third-order valence-corrected chi connectivity index (χ3v) is 9.62. The summed E-state index contributed by atoms with van der Waals surface area (Å²) in [6.45, 7) is 11.1. The Kier molecular flexibility index (Phi) is 7.36. The molecule has 2 N–H and O–H groups in total. The molecule has 0 heterocycles. The molecule has 4 aliphatic carbocycles. The SMILES string of the molecule is CCCCCC=CC(=O)OC1C(C)=CC23C(=O)C(C=C(COC(C)=O)C(O)C12O)C1C(CC3C)C1(C)C. The zero-order valence-electron chi connectivity index (χ0n) is 23.0. The van der Waals surface area contributed by atoms with Crippen LogP contribution in [0.3, 0.4) is 0 Å². The number of fused-ring (bicyclic) bond motifs is 3. The predicted octanol–water partition coefficient (Wildman–Crippen LogP) is 4.07. The maximum atomic E-state index is 14.4. The quantitative estimate of drug-likeness (QED) is 0.217. The molecule has 0 aromatic heterocycles. The van der Waals surface area contributed by atoms with Gasteiger partial charge in [0.25, 0.3) is 0 Å². The number of hydrogen-bond acceptors (Lipinski definition) is 7. The summed E-state index contributed by atoms with van der Waals surface area (Å²) in [5, 5.41) is 24.3. The highest BCUT2D eigenvalue weighted by molar-refractivity contribution is 5.95. The number of allylic oxidation sites excluding steroid dienone is 2. The minimum absolute atomic E-state index is 0.0571. The van der Waals surface area contributed by atoms with Crippen molar-refractivity contribution in [3.05, 3.63) is 35.5 Å². The van der Waals surface area contributed by atoms with E-state index in [1.54, 1.807) is 25.2 Å². The lowest BCUT2D eigenvalue weighted by Gasteiger charge is -2.48. The average Bonchev–Trinajstić information content (AvgIpc) is 3.32. The lowest BCUT2D eigenvalue weighted by molar-refractivity contribution is -0.201. The van der Waals surface area contributed by atoms with E-state index < -0.39 is 41.1 Å². The van der Waals surface area contributed by atoms with Gasteiger partial charge in [0.15, 0.2) is 17.5 Å². The van der Waals surface area contributed by atoms with E-state index in [-0.39, 0.29) is 41.1 Å². The monoisotopic (exact) mass is 514 g/mol. The summed E-state index contributed by atoms with van der Waals surface area (Å²) < 4.78 is 11.1. The van der Waals surface area contributed by atoms with Gasteiger partial charge in [-0.15, -0.1) is 0 Å². The molecule has 8 atom stereocenters. The molecular formula is C30H42O7. The second-order valence-electron chi connectivity index (χ2n) is 12.2. The summed E-state index contributed by atoms with van der Waals surface area (Å²) in [6, 6.07) is 0. The van der Waals surface area contributed by atoms with Gasteiger partial charge >= 0.3 is 11.9 Å². The smallest absolute Gasteiger partial charge is 0.331 e. The van der Waals surface area contributed by atoms with Crippen LogP contribution in [-0.4, -0.2) is 52.4 Å². The number of ketones is 1. The van der Waals surface area contributed by atoms with Crippen molar-refractivity contribution in [3.8, 4) is 0 Å². The normalized spacial score (nSPS) is 39.6. The molecule has 37 heavy (non-hydrogen) atoms. The minimum atomic E-state index is -2.12. The van der Waals surface area contributed by atoms with Crippen molar-refractivity contribution in [2.45, 2.75) is 91.5 Å². The third kappa shape index (κ3) is 4.22. The minimum Gasteiger partial charge on any atom is -0.461 e. The molecule has 8 unspecified atom stereocenters. The zero-order valence-corrected chi connectivity index (χ0v) is 23.0. The number of carbonyl (C=O) groups is 3. The first-order valence-corrected chi connectivity index (χ1v) is 13.7. The Labute approximate surface area is 220 Å². The fourth-order valence-electron chi connectivity index (χ4n) is 7.61. The van der Waals surface area contributed by atoms with Crippen molar-refractivity contribution >= 4 is 17.7 Å². The Morgan fingerprint density at radius 3 is 2.59 bits per heavy atom. The molecule has 2 fully saturated rings. The topological polar surface area (TPSA) is 110 Å². The van der Waals surface area contributed by atoms with E-state index >= 15 is 0 Å². The van der Waals surface area contributed by atoms with Crippen LogP contribution in [0.1, 0.15) is 73.6 Å². The van der Waals surface area contributed by atoms with E-state index in [1.807, 2.05) is 6.92 Å². The molecule has 1 spiro atoms. The number of aliphatic hydroxyl groups excluding tert-OH is 1. The highest BCUT2D eigenvalue weighted by Gasteiger charge is 2.76. The Hall–Kier alpha value is -2.25. The number of esters is 2. The van der Waals surface area contributed by atoms with Crippen molar-refractivity contribution in [2.24, 2.45) is 34.5 Å². The Morgan fingerprint density at radius 1 is 1.24 bits per heavy atom. The standard InChI is InChI=1S/C30H42O7/c1-7-8-9-10-11-12-23(32)37-27-17(2)15-29-18(3)13-22-24(28(22,5)6)21(26(29)34)14-20(16-36-19(4)31)25(33)30(27,29)35/h11-12,14-15,18,21-22,24-25,27,33,35H,7-10,13,16H2,1-6H3. The van der Waals surface area contributed by atoms with Crippen molar-refractivity contribution in [2.75, 3.05) is 6.61 Å². The number of ether oxygens (including phenoxy) is 2. The van der Waals surface area contributed by atoms with Crippen LogP contribution in [0.15, 0.2) is 35.5 Å². The van der Waals surface area contributed by atoms with Gasteiger partial charge in [0, 0.05) is 18.9 Å². The molecule has 0 amide bonds. The molecule has 7 heteroatoms. The summed E-state index contributed by atoms with van der Waals surface area (Å²) in [5.74, 6) is -1.82.